The Morgan fingerprint density at radius 3 is 1.70 bits per heavy atom. The van der Waals surface area contributed by atoms with Crippen LogP contribution in [0, 0.1) is 0 Å². The second-order valence-corrected chi connectivity index (χ2v) is 12.0. The zero-order chi connectivity index (χ0) is 17.9. The van der Waals surface area contributed by atoms with Gasteiger partial charge in [0.1, 0.15) is 0 Å². The molecule has 0 radical (unpaired) electrons. The van der Waals surface area contributed by atoms with Gasteiger partial charge in [-0.1, -0.05) is 36.4 Å². The average Bonchev–Trinajstić information content (AvgIpc) is 3.31. The predicted molar refractivity (Wildman–Crippen MR) is 104 cm³/mol. The predicted octanol–water partition coefficient (Wildman–Crippen LogP) is -1.21. The van der Waals surface area contributed by atoms with E-state index in [4.69, 9.17) is 9.53 Å². The van der Waals surface area contributed by atoms with Crippen LogP contribution in [-0.2, 0) is 27.8 Å². The molecule has 0 unspecified atom stereocenters. The smallest absolute Gasteiger partial charge is 0.0771 e. The van der Waals surface area contributed by atoms with Crippen LogP contribution in [0.25, 0.3) is 21.5 Å². The van der Waals surface area contributed by atoms with Gasteiger partial charge in [0.15, 0.2) is 0 Å². The van der Waals surface area contributed by atoms with E-state index in [1.54, 1.807) is 0 Å². The van der Waals surface area contributed by atoms with E-state index < -0.39 is 5.68 Å². The summed E-state index contributed by atoms with van der Waals surface area (Å²) < 4.78 is 5.08. The van der Waals surface area contributed by atoms with Crippen molar-refractivity contribution in [2.24, 2.45) is 0 Å². The number of rotatable bonds is 3. The van der Waals surface area contributed by atoms with E-state index in [9.17, 15) is 0 Å². The van der Waals surface area contributed by atoms with E-state index in [1.807, 2.05) is 30.3 Å². The zero-order valence-corrected chi connectivity index (χ0v) is 20.1. The van der Waals surface area contributed by atoms with Crippen molar-refractivity contribution in [3.63, 3.8) is 0 Å². The van der Waals surface area contributed by atoms with Crippen molar-refractivity contribution in [1.82, 2.24) is 0 Å². The summed E-state index contributed by atoms with van der Waals surface area (Å²) in [5.74, 6) is 0. The van der Waals surface area contributed by atoms with Gasteiger partial charge in [-0.05, 0) is 0 Å². The third-order valence-corrected chi connectivity index (χ3v) is 5.19. The minimum atomic E-state index is -0.467. The Bertz CT molecular complexity index is 824. The SMILES string of the molecule is C[Si](=[Zr+2])OCCO.[Cl-].[Cl-].c1cc[cH-]c1.c1ccc2c(c1)[cH-]c1ccccc12. The molecule has 142 valence electrons. The van der Waals surface area contributed by atoms with Crippen LogP contribution in [-0.4, -0.2) is 24.0 Å². The Balaban J connectivity index is 0.000000416. The van der Waals surface area contributed by atoms with Gasteiger partial charge in [-0.3, -0.25) is 0 Å². The molecule has 0 spiro atoms. The van der Waals surface area contributed by atoms with Gasteiger partial charge in [-0.2, -0.15) is 18.2 Å². The third-order valence-electron chi connectivity index (χ3n) is 3.49. The normalized spacial score (nSPS) is 9.19. The first-order valence-corrected chi connectivity index (χ1v) is 13.8. The summed E-state index contributed by atoms with van der Waals surface area (Å²) in [6.07, 6.45) is 0. The number of halogens is 2. The number of hydrogen-bond acceptors (Lipinski definition) is 2. The Morgan fingerprint density at radius 1 is 0.889 bits per heavy atom. The minimum absolute atomic E-state index is 0. The Morgan fingerprint density at radius 2 is 1.37 bits per heavy atom. The first-order chi connectivity index (χ1) is 12.2. The summed E-state index contributed by atoms with van der Waals surface area (Å²) in [6.45, 7) is 2.77. The van der Waals surface area contributed by atoms with E-state index in [2.05, 4.69) is 61.1 Å². The van der Waals surface area contributed by atoms with Gasteiger partial charge < -0.3 is 24.8 Å². The van der Waals surface area contributed by atoms with Crippen molar-refractivity contribution in [3.8, 4) is 0 Å². The molecule has 4 aromatic rings. The molecule has 0 aliphatic heterocycles. The van der Waals surface area contributed by atoms with Gasteiger partial charge in [0.2, 0.25) is 0 Å². The molecule has 4 rings (SSSR count). The summed E-state index contributed by atoms with van der Waals surface area (Å²) >= 11 is 1.47. The second-order valence-electron chi connectivity index (χ2n) is 5.41. The van der Waals surface area contributed by atoms with Gasteiger partial charge >= 0.3 is 58.3 Å². The molecular formula is C21H22Cl2O2SiZr-2. The topological polar surface area (TPSA) is 29.5 Å². The summed E-state index contributed by atoms with van der Waals surface area (Å²) in [4.78, 5) is 0. The van der Waals surface area contributed by atoms with E-state index in [1.165, 1.54) is 44.9 Å². The standard InChI is InChI=1S/C13H9.C5H5.C3H8O2Si.2ClH.Zr/c1-3-7-12-10(5-1)9-11-6-2-4-8-13(11)12;1-2-4-5-3-1;1-6-5-3-2-4;;;/h1-9H;1-5H;4H,2-3H2,1H3;2*1H;/q2*-1;;;;+2/p-2. The Labute approximate surface area is 188 Å². The maximum atomic E-state index is 8.22. The molecule has 0 aromatic heterocycles. The quantitative estimate of drug-likeness (QED) is 0.285. The van der Waals surface area contributed by atoms with Gasteiger partial charge in [-0.25, -0.2) is 12.1 Å². The summed E-state index contributed by atoms with van der Waals surface area (Å²) in [7, 11) is 0. The van der Waals surface area contributed by atoms with Gasteiger partial charge in [0, 0.05) is 0 Å². The zero-order valence-electron chi connectivity index (χ0n) is 15.1. The van der Waals surface area contributed by atoms with E-state index >= 15 is 0 Å². The van der Waals surface area contributed by atoms with E-state index in [-0.39, 0.29) is 31.4 Å². The molecule has 0 amide bonds. The molecule has 2 nitrogen and oxygen atoms in total. The van der Waals surface area contributed by atoms with Crippen molar-refractivity contribution < 1.29 is 57.7 Å². The molecule has 6 heteroatoms. The molecule has 0 bridgehead atoms. The largest absolute Gasteiger partial charge is 1.00 e. The summed E-state index contributed by atoms with van der Waals surface area (Å²) in [6, 6.07) is 29.3. The molecule has 0 aliphatic rings. The summed E-state index contributed by atoms with van der Waals surface area (Å²) in [5.41, 5.74) is -0.467. The monoisotopic (exact) mass is 494 g/mol. The van der Waals surface area contributed by atoms with Crippen LogP contribution in [0.5, 0.6) is 0 Å². The van der Waals surface area contributed by atoms with E-state index in [0.717, 1.165) is 0 Å². The number of hydrogen-bond donors (Lipinski definition) is 1. The molecule has 0 saturated carbocycles. The van der Waals surface area contributed by atoms with Gasteiger partial charge in [0.05, 0.1) is 0 Å². The Kier molecular flexibility index (Phi) is 14.8. The molecule has 0 aliphatic carbocycles. The number of benzene rings is 2. The molecule has 1 N–H and O–H groups in total. The van der Waals surface area contributed by atoms with E-state index in [0.29, 0.717) is 6.61 Å². The fourth-order valence-electron chi connectivity index (χ4n) is 2.42. The van der Waals surface area contributed by atoms with Crippen LogP contribution < -0.4 is 24.8 Å². The van der Waals surface area contributed by atoms with Crippen molar-refractivity contribution in [2.75, 3.05) is 13.2 Å². The maximum Gasteiger partial charge on any atom is -0.0771 e. The maximum absolute atomic E-state index is 8.22. The van der Waals surface area contributed by atoms with Crippen molar-refractivity contribution >= 4 is 27.2 Å². The number of aliphatic hydroxyl groups is 1. The van der Waals surface area contributed by atoms with Crippen LogP contribution >= 0.6 is 0 Å². The van der Waals surface area contributed by atoms with Crippen molar-refractivity contribution in [3.05, 3.63) is 84.9 Å². The number of fused-ring (bicyclic) bond motifs is 3. The first kappa shape index (κ1) is 26.3. The Hall–Kier alpha value is -0.740. The van der Waals surface area contributed by atoms with Crippen molar-refractivity contribution in [2.45, 2.75) is 6.55 Å². The van der Waals surface area contributed by atoms with Gasteiger partial charge in [-0.15, -0.1) is 39.7 Å². The molecule has 0 saturated heterocycles. The molecule has 0 heterocycles. The molecule has 27 heavy (non-hydrogen) atoms. The minimum Gasteiger partial charge on any atom is -1.00 e. The average molecular weight is 497 g/mol. The fraction of sp³-hybridized carbons (Fsp3) is 0.143. The van der Waals surface area contributed by atoms with Crippen LogP contribution in [0.4, 0.5) is 0 Å². The molecular weight excluding hydrogens is 474 g/mol. The number of aliphatic hydroxyl groups excluding tert-OH is 1. The molecule has 0 atom stereocenters. The third kappa shape index (κ3) is 9.34. The van der Waals surface area contributed by atoms with Crippen molar-refractivity contribution in [1.29, 1.82) is 0 Å². The second kappa shape index (κ2) is 15.2. The van der Waals surface area contributed by atoms with Crippen LogP contribution in [0.15, 0.2) is 84.9 Å². The van der Waals surface area contributed by atoms with Crippen LogP contribution in [0.3, 0.4) is 0 Å². The first-order valence-electron chi connectivity index (χ1n) is 8.21. The molecule has 4 aromatic carbocycles. The van der Waals surface area contributed by atoms with Crippen LogP contribution in [0.2, 0.25) is 6.55 Å². The summed E-state index contributed by atoms with van der Waals surface area (Å²) in [5, 5.41) is 13.6. The van der Waals surface area contributed by atoms with Crippen LogP contribution in [0.1, 0.15) is 0 Å². The fourth-order valence-corrected chi connectivity index (χ4v) is 3.57. The molecule has 0 fully saturated rings. The van der Waals surface area contributed by atoms with Gasteiger partial charge in [0.25, 0.3) is 0 Å².